The van der Waals surface area contributed by atoms with Gasteiger partial charge in [0.1, 0.15) is 35.6 Å². The Morgan fingerprint density at radius 2 is 1.48 bits per heavy atom. The monoisotopic (exact) mass is 978 g/mol. The SMILES string of the molecule is Cc1ccc2c3c(nn2c1)CCC(NC(=O)c1ccc(-n2cnc(C)n2)cc1Cl)(c1cccc(C2C[C@](C)(NC(=O)c4c(Cl)cc(-n5cnc(C)n5)cc4Cl)Cc4c2nn2c(C)ccc(O)c42)c1)C3. The first-order valence-electron chi connectivity index (χ1n) is 22.5. The van der Waals surface area contributed by atoms with E-state index in [2.05, 4.69) is 61.1 Å². The Balaban J connectivity index is 0.997. The molecule has 0 bridgehead atoms. The van der Waals surface area contributed by atoms with E-state index < -0.39 is 17.0 Å². The minimum absolute atomic E-state index is 0.0776. The number of benzene rings is 3. The second-order valence-electron chi connectivity index (χ2n) is 18.7. The number of carbonyl (C=O) groups excluding carboxylic acids is 2. The summed E-state index contributed by atoms with van der Waals surface area (Å²) in [6.07, 6.45) is 7.57. The fourth-order valence-electron chi connectivity index (χ4n) is 10.3. The zero-order valence-electron chi connectivity index (χ0n) is 38.2. The predicted molar refractivity (Wildman–Crippen MR) is 262 cm³/mol. The molecular formula is C51H45Cl3N12O3. The van der Waals surface area contributed by atoms with E-state index >= 15 is 0 Å². The lowest BCUT2D eigenvalue weighted by Gasteiger charge is -2.40. The van der Waals surface area contributed by atoms with Crippen LogP contribution in [0.25, 0.3) is 22.4 Å². The van der Waals surface area contributed by atoms with Crippen molar-refractivity contribution in [1.29, 1.82) is 0 Å². The van der Waals surface area contributed by atoms with E-state index in [-0.39, 0.29) is 38.2 Å². The standard InChI is InChI=1S/C51H45Cl3N12O3/c1-27-9-13-43-37-23-51(16-15-42(37)61-63(43)24-27,58-48(68)35-12-11-33(18-39(35)52)64-25-55-29(3)59-64)32-8-6-7-31(17-32)36-21-50(5,22-38-46(36)62-66-28(2)10-14-44(67)47(38)66)57-49(69)45-40(53)19-34(20-41(45)54)65-26-56-30(4)60-65/h6-14,17-20,24-26,36,67H,15-16,21-23H2,1-5H3,(H,57,69)(H,58,68)/t36?,50-,51?/m0/s1. The molecule has 3 atom stereocenters. The normalized spacial score (nSPS) is 18.9. The first kappa shape index (κ1) is 44.4. The molecule has 0 saturated carbocycles. The molecule has 3 N–H and O–H groups in total. The molecule has 0 saturated heterocycles. The van der Waals surface area contributed by atoms with Crippen molar-refractivity contribution in [2.75, 3.05) is 0 Å². The summed E-state index contributed by atoms with van der Waals surface area (Å²) in [7, 11) is 0. The molecule has 2 aliphatic carbocycles. The van der Waals surface area contributed by atoms with E-state index in [1.165, 1.54) is 0 Å². The number of hydrogen-bond donors (Lipinski definition) is 3. The van der Waals surface area contributed by atoms with Crippen LogP contribution >= 0.6 is 34.8 Å². The minimum atomic E-state index is -0.910. The van der Waals surface area contributed by atoms with E-state index in [9.17, 15) is 14.7 Å². The average Bonchev–Trinajstić information content (AvgIpc) is 4.12. The number of aromatic nitrogens is 10. The van der Waals surface area contributed by atoms with Crippen LogP contribution in [-0.4, -0.2) is 71.2 Å². The molecule has 2 unspecified atom stereocenters. The largest absolute Gasteiger partial charge is 0.506 e. The lowest BCUT2D eigenvalue weighted by Crippen LogP contribution is -2.51. The van der Waals surface area contributed by atoms with Crippen molar-refractivity contribution in [3.05, 3.63) is 180 Å². The number of halogens is 3. The van der Waals surface area contributed by atoms with Crippen molar-refractivity contribution in [3.63, 3.8) is 0 Å². The van der Waals surface area contributed by atoms with Crippen LogP contribution in [0.5, 0.6) is 5.75 Å². The molecule has 11 rings (SSSR count). The second-order valence-corrected chi connectivity index (χ2v) is 19.9. The van der Waals surface area contributed by atoms with Crippen molar-refractivity contribution in [2.24, 2.45) is 0 Å². The van der Waals surface area contributed by atoms with Gasteiger partial charge in [-0.15, -0.1) is 0 Å². The number of rotatable bonds is 8. The summed E-state index contributed by atoms with van der Waals surface area (Å²) in [5.74, 6) is 0.105. The molecule has 18 heteroatoms. The third kappa shape index (κ3) is 7.78. The molecule has 69 heavy (non-hydrogen) atoms. The van der Waals surface area contributed by atoms with Crippen LogP contribution in [-0.2, 0) is 24.8 Å². The van der Waals surface area contributed by atoms with E-state index in [1.54, 1.807) is 76.8 Å². The number of carbonyl (C=O) groups is 2. The van der Waals surface area contributed by atoms with Crippen LogP contribution in [0.3, 0.4) is 0 Å². The quantitative estimate of drug-likeness (QED) is 0.134. The molecule has 2 amide bonds. The number of nitrogens with zero attached hydrogens (tertiary/aromatic N) is 10. The van der Waals surface area contributed by atoms with Gasteiger partial charge >= 0.3 is 0 Å². The van der Waals surface area contributed by atoms with Crippen LogP contribution in [0.1, 0.15) is 103 Å². The van der Waals surface area contributed by atoms with E-state index in [1.807, 2.05) is 43.6 Å². The van der Waals surface area contributed by atoms with Gasteiger partial charge in [0.2, 0.25) is 0 Å². The third-order valence-corrected chi connectivity index (χ3v) is 14.6. The summed E-state index contributed by atoms with van der Waals surface area (Å²) in [6, 6.07) is 24.4. The molecule has 2 aliphatic rings. The molecule has 0 aliphatic heterocycles. The van der Waals surface area contributed by atoms with Crippen molar-refractivity contribution in [2.45, 2.75) is 83.7 Å². The number of aromatic hydroxyl groups is 1. The molecule has 6 heterocycles. The summed E-state index contributed by atoms with van der Waals surface area (Å²) in [5.41, 5.74) is 8.78. The molecule has 348 valence electrons. The Hall–Kier alpha value is -7.07. The maximum absolute atomic E-state index is 14.7. The predicted octanol–water partition coefficient (Wildman–Crippen LogP) is 9.12. The van der Waals surface area contributed by atoms with Crippen LogP contribution in [0.15, 0.2) is 97.7 Å². The number of pyridine rings is 2. The molecule has 0 spiro atoms. The maximum atomic E-state index is 14.7. The number of nitrogens with one attached hydrogen (secondary N) is 2. The number of hydrogen-bond acceptors (Lipinski definition) is 9. The van der Waals surface area contributed by atoms with E-state index in [0.717, 1.165) is 50.4 Å². The average molecular weight is 980 g/mol. The first-order valence-corrected chi connectivity index (χ1v) is 23.7. The molecule has 0 fully saturated rings. The number of aryl methyl sites for hydroxylation is 5. The Morgan fingerprint density at radius 3 is 2.19 bits per heavy atom. The maximum Gasteiger partial charge on any atom is 0.254 e. The summed E-state index contributed by atoms with van der Waals surface area (Å²) in [5, 5.41) is 37.8. The van der Waals surface area contributed by atoms with Gasteiger partial charge in [-0.2, -0.15) is 20.4 Å². The van der Waals surface area contributed by atoms with Gasteiger partial charge in [-0.05, 0) is 126 Å². The van der Waals surface area contributed by atoms with Crippen molar-refractivity contribution >= 4 is 57.7 Å². The zero-order chi connectivity index (χ0) is 48.1. The Morgan fingerprint density at radius 1 is 0.754 bits per heavy atom. The van der Waals surface area contributed by atoms with Crippen molar-refractivity contribution in [1.82, 2.24) is 59.4 Å². The zero-order valence-corrected chi connectivity index (χ0v) is 40.5. The highest BCUT2D eigenvalue weighted by Crippen LogP contribution is 2.46. The van der Waals surface area contributed by atoms with Gasteiger partial charge in [0, 0.05) is 40.9 Å². The highest BCUT2D eigenvalue weighted by atomic mass is 35.5. The Bertz CT molecular complexity index is 3570. The van der Waals surface area contributed by atoms with E-state index in [0.29, 0.717) is 66.2 Å². The topological polar surface area (TPSA) is 174 Å². The first-order chi connectivity index (χ1) is 33.0. The van der Waals surface area contributed by atoms with Gasteiger partial charge < -0.3 is 15.7 Å². The molecule has 0 radical (unpaired) electrons. The summed E-state index contributed by atoms with van der Waals surface area (Å²) in [6.45, 7) is 9.55. The Labute approximate surface area is 411 Å². The van der Waals surface area contributed by atoms with Crippen LogP contribution in [0, 0.1) is 27.7 Å². The fraction of sp³-hybridized carbons (Fsp3) is 0.255. The summed E-state index contributed by atoms with van der Waals surface area (Å²) >= 11 is 20.6. The molecule has 6 aromatic heterocycles. The van der Waals surface area contributed by atoms with Gasteiger partial charge in [-0.3, -0.25) is 9.59 Å². The highest BCUT2D eigenvalue weighted by molar-refractivity contribution is 6.40. The van der Waals surface area contributed by atoms with Gasteiger partial charge in [-0.25, -0.2) is 28.4 Å². The van der Waals surface area contributed by atoms with Gasteiger partial charge in [0.15, 0.2) is 0 Å². The van der Waals surface area contributed by atoms with Gasteiger partial charge in [0.25, 0.3) is 11.8 Å². The minimum Gasteiger partial charge on any atom is -0.506 e. The molecular weight excluding hydrogens is 935 g/mol. The lowest BCUT2D eigenvalue weighted by molar-refractivity contribution is 0.0881. The number of amides is 2. The fourth-order valence-corrected chi connectivity index (χ4v) is 11.2. The summed E-state index contributed by atoms with van der Waals surface area (Å²) < 4.78 is 6.88. The Kier molecular flexibility index (Phi) is 10.7. The van der Waals surface area contributed by atoms with Gasteiger partial charge in [0.05, 0.1) is 60.0 Å². The molecule has 3 aromatic carbocycles. The second kappa shape index (κ2) is 16.6. The van der Waals surface area contributed by atoms with Gasteiger partial charge in [-0.1, -0.05) is 65.1 Å². The number of fused-ring (bicyclic) bond motifs is 6. The van der Waals surface area contributed by atoms with Crippen molar-refractivity contribution in [3.8, 4) is 17.1 Å². The lowest BCUT2D eigenvalue weighted by atomic mass is 9.71. The smallest absolute Gasteiger partial charge is 0.254 e. The van der Waals surface area contributed by atoms with Crippen LogP contribution in [0.2, 0.25) is 15.1 Å². The van der Waals surface area contributed by atoms with E-state index in [4.69, 9.17) is 45.0 Å². The molecule has 15 nitrogen and oxygen atoms in total. The van der Waals surface area contributed by atoms with Crippen LogP contribution in [0.4, 0.5) is 0 Å². The van der Waals surface area contributed by atoms with Crippen LogP contribution < -0.4 is 10.6 Å². The summed E-state index contributed by atoms with van der Waals surface area (Å²) in [4.78, 5) is 37.6. The third-order valence-electron chi connectivity index (χ3n) is 13.7. The molecule has 9 aromatic rings. The highest BCUT2D eigenvalue weighted by Gasteiger charge is 2.44. The van der Waals surface area contributed by atoms with Crippen molar-refractivity contribution < 1.29 is 14.7 Å².